The molecular weight excluding hydrogens is 400 g/mol. The molecule has 0 spiro atoms. The summed E-state index contributed by atoms with van der Waals surface area (Å²) in [6.45, 7) is 4.30. The topological polar surface area (TPSA) is 117 Å². The molecule has 3 saturated heterocycles. The molecule has 3 N–H and O–H groups in total. The first kappa shape index (κ1) is 23.7. The van der Waals surface area contributed by atoms with E-state index >= 15 is 0 Å². The molecule has 3 aliphatic heterocycles. The molecule has 3 heterocycles. The van der Waals surface area contributed by atoms with Crippen molar-refractivity contribution < 1.29 is 29.0 Å². The van der Waals surface area contributed by atoms with Crippen LogP contribution in [0.2, 0.25) is 0 Å². The molecule has 0 aromatic heterocycles. The number of hydrogen-bond donors (Lipinski definition) is 3. The van der Waals surface area contributed by atoms with Gasteiger partial charge in [-0.15, -0.1) is 0 Å². The Morgan fingerprint density at radius 2 is 1.68 bits per heavy atom. The van der Waals surface area contributed by atoms with E-state index in [-0.39, 0.29) is 54.5 Å². The van der Waals surface area contributed by atoms with Crippen LogP contribution in [0.3, 0.4) is 0 Å². The Morgan fingerprint density at radius 3 is 2.39 bits per heavy atom. The van der Waals surface area contributed by atoms with Gasteiger partial charge in [-0.3, -0.25) is 14.4 Å². The van der Waals surface area contributed by atoms with Gasteiger partial charge in [0.25, 0.3) is 0 Å². The van der Waals surface area contributed by atoms with E-state index in [0.717, 1.165) is 32.1 Å². The van der Waals surface area contributed by atoms with Gasteiger partial charge in [-0.05, 0) is 38.5 Å². The molecule has 0 radical (unpaired) electrons. The van der Waals surface area contributed by atoms with Crippen molar-refractivity contribution in [3.8, 4) is 0 Å². The highest BCUT2D eigenvalue weighted by Gasteiger charge is 2.68. The maximum atomic E-state index is 12.5. The van der Waals surface area contributed by atoms with Gasteiger partial charge in [0.2, 0.25) is 11.8 Å². The van der Waals surface area contributed by atoms with Crippen molar-refractivity contribution in [2.45, 2.75) is 95.7 Å². The first-order valence-corrected chi connectivity index (χ1v) is 11.7. The third kappa shape index (κ3) is 6.29. The number of nitrogens with one attached hydrogen (secondary N) is 2. The molecule has 1 unspecified atom stereocenters. The number of amides is 2. The van der Waals surface area contributed by atoms with Crippen molar-refractivity contribution in [3.63, 3.8) is 0 Å². The van der Waals surface area contributed by atoms with E-state index in [2.05, 4.69) is 23.6 Å². The van der Waals surface area contributed by atoms with Crippen molar-refractivity contribution in [2.75, 3.05) is 6.54 Å². The Labute approximate surface area is 184 Å². The van der Waals surface area contributed by atoms with E-state index in [1.807, 2.05) is 6.08 Å². The van der Waals surface area contributed by atoms with Gasteiger partial charge in [0.15, 0.2) is 0 Å². The quantitative estimate of drug-likeness (QED) is 0.218. The molecule has 8 heteroatoms. The molecule has 7 atom stereocenters. The van der Waals surface area contributed by atoms with Crippen molar-refractivity contribution in [2.24, 2.45) is 11.8 Å². The number of fused-ring (bicyclic) bond motifs is 5. The number of carboxylic acids is 1. The molecule has 0 aliphatic carbocycles. The van der Waals surface area contributed by atoms with Crippen molar-refractivity contribution >= 4 is 17.8 Å². The summed E-state index contributed by atoms with van der Waals surface area (Å²) >= 11 is 0. The largest absolute Gasteiger partial charge is 0.481 e. The van der Waals surface area contributed by atoms with Crippen LogP contribution in [0.15, 0.2) is 12.2 Å². The molecule has 0 aromatic rings. The number of carbonyl (C=O) groups excluding carboxylic acids is 2. The Hall–Kier alpha value is -1.93. The minimum absolute atomic E-state index is 0.0136. The van der Waals surface area contributed by atoms with Gasteiger partial charge >= 0.3 is 5.97 Å². The molecular formula is C23H36N2O6. The highest BCUT2D eigenvalue weighted by Crippen LogP contribution is 2.54. The van der Waals surface area contributed by atoms with Gasteiger partial charge in [0.1, 0.15) is 18.2 Å². The summed E-state index contributed by atoms with van der Waals surface area (Å²) in [6.07, 6.45) is 10.3. The second-order valence-corrected chi connectivity index (χ2v) is 8.94. The highest BCUT2D eigenvalue weighted by atomic mass is 16.7. The van der Waals surface area contributed by atoms with Crippen LogP contribution in [0.25, 0.3) is 0 Å². The summed E-state index contributed by atoms with van der Waals surface area (Å²) in [5, 5.41) is 14.5. The molecule has 8 nitrogen and oxygen atoms in total. The molecule has 3 rings (SSSR count). The number of carboxylic acid groups (broad SMARTS) is 1. The van der Waals surface area contributed by atoms with Crippen LogP contribution in [0.4, 0.5) is 0 Å². The van der Waals surface area contributed by atoms with Gasteiger partial charge in [-0.25, -0.2) is 0 Å². The molecule has 3 aliphatic rings. The normalized spacial score (nSPS) is 31.4. The fourth-order valence-corrected chi connectivity index (χ4v) is 4.78. The molecule has 0 saturated carbocycles. The number of epoxide rings is 1. The van der Waals surface area contributed by atoms with Crippen LogP contribution in [0.1, 0.15) is 65.2 Å². The third-order valence-corrected chi connectivity index (χ3v) is 6.54. The Bertz CT molecular complexity index is 681. The van der Waals surface area contributed by atoms with Gasteiger partial charge in [0, 0.05) is 25.3 Å². The van der Waals surface area contributed by atoms with Crippen molar-refractivity contribution in [1.29, 1.82) is 0 Å². The molecule has 2 bridgehead atoms. The first-order valence-electron chi connectivity index (χ1n) is 11.7. The summed E-state index contributed by atoms with van der Waals surface area (Å²) in [7, 11) is 0. The van der Waals surface area contributed by atoms with Gasteiger partial charge in [-0.2, -0.15) is 0 Å². The monoisotopic (exact) mass is 436 g/mol. The molecule has 31 heavy (non-hydrogen) atoms. The number of rotatable bonds is 14. The lowest BCUT2D eigenvalue weighted by atomic mass is 9.77. The lowest BCUT2D eigenvalue weighted by molar-refractivity contribution is -0.137. The fraction of sp³-hybridized carbons (Fsp3) is 0.783. The van der Waals surface area contributed by atoms with Crippen LogP contribution >= 0.6 is 0 Å². The number of carbonyl (C=O) groups is 3. The van der Waals surface area contributed by atoms with E-state index in [4.69, 9.17) is 14.6 Å². The van der Waals surface area contributed by atoms with Crippen LogP contribution < -0.4 is 10.6 Å². The zero-order valence-electron chi connectivity index (χ0n) is 18.5. The third-order valence-electron chi connectivity index (χ3n) is 6.54. The number of aliphatic carboxylic acids is 1. The summed E-state index contributed by atoms with van der Waals surface area (Å²) in [5.74, 6) is -0.589. The molecule has 0 aromatic carbocycles. The molecule has 2 amide bonds. The smallest absolute Gasteiger partial charge is 0.303 e. The van der Waals surface area contributed by atoms with Crippen LogP contribution in [-0.2, 0) is 23.9 Å². The minimum Gasteiger partial charge on any atom is -0.481 e. The zero-order valence-corrected chi connectivity index (χ0v) is 18.5. The maximum Gasteiger partial charge on any atom is 0.303 e. The van der Waals surface area contributed by atoms with Crippen molar-refractivity contribution in [1.82, 2.24) is 10.6 Å². The van der Waals surface area contributed by atoms with Crippen LogP contribution in [0.5, 0.6) is 0 Å². The predicted octanol–water partition coefficient (Wildman–Crippen LogP) is 2.17. The lowest BCUT2D eigenvalue weighted by Crippen LogP contribution is -2.48. The molecule has 174 valence electrons. The van der Waals surface area contributed by atoms with E-state index in [1.54, 1.807) is 6.92 Å². The number of hydrogen-bond acceptors (Lipinski definition) is 5. The minimum atomic E-state index is -0.769. The molecule has 3 fully saturated rings. The van der Waals surface area contributed by atoms with Crippen molar-refractivity contribution in [3.05, 3.63) is 12.2 Å². The maximum absolute atomic E-state index is 12.5. The average Bonchev–Trinajstić information content (AvgIpc) is 3.35. The second kappa shape index (κ2) is 11.1. The average molecular weight is 437 g/mol. The zero-order chi connectivity index (χ0) is 22.4. The number of unbranched alkanes of at least 4 members (excludes halogenated alkanes) is 3. The van der Waals surface area contributed by atoms with E-state index in [0.29, 0.717) is 19.4 Å². The van der Waals surface area contributed by atoms with Gasteiger partial charge in [-0.1, -0.05) is 31.9 Å². The van der Waals surface area contributed by atoms with Crippen LogP contribution in [-0.4, -0.2) is 59.9 Å². The fourth-order valence-electron chi connectivity index (χ4n) is 4.78. The summed E-state index contributed by atoms with van der Waals surface area (Å²) < 4.78 is 11.9. The van der Waals surface area contributed by atoms with Gasteiger partial charge in [0.05, 0.1) is 12.2 Å². The number of allylic oxidation sites excluding steroid dienone is 2. The Balaban J connectivity index is 1.43. The van der Waals surface area contributed by atoms with E-state index < -0.39 is 12.0 Å². The highest BCUT2D eigenvalue weighted by molar-refractivity contribution is 5.87. The summed E-state index contributed by atoms with van der Waals surface area (Å²) in [5.41, 5.74) is 0. The standard InChI is InChI=1S/C23H36N2O6/c1-3-4-7-11-17(26)25-14(2)23(29)24-13-16-15(10-8-5-6-9-12-18(27)28)19-21-22(31-21)20(16)30-19/h5,8,14-16,19-22H,3-4,6-7,9-13H2,1-2H3,(H,24,29)(H,25,26)(H,27,28)/b8-5-/t14?,15-,16+,19+,20-,21-,22+/m0/s1. The Kier molecular flexibility index (Phi) is 8.49. The summed E-state index contributed by atoms with van der Waals surface area (Å²) in [4.78, 5) is 35.1. The Morgan fingerprint density at radius 1 is 0.968 bits per heavy atom. The lowest BCUT2D eigenvalue weighted by Gasteiger charge is -2.26. The van der Waals surface area contributed by atoms with E-state index in [1.165, 1.54) is 0 Å². The van der Waals surface area contributed by atoms with E-state index in [9.17, 15) is 14.4 Å². The second-order valence-electron chi connectivity index (χ2n) is 8.94. The van der Waals surface area contributed by atoms with Gasteiger partial charge < -0.3 is 25.2 Å². The first-order chi connectivity index (χ1) is 14.9. The summed E-state index contributed by atoms with van der Waals surface area (Å²) in [6, 6.07) is -0.564. The number of ether oxygens (including phenoxy) is 2. The van der Waals surface area contributed by atoms with Crippen LogP contribution in [0, 0.1) is 11.8 Å². The SMILES string of the molecule is CCCCCC(=O)NC(C)C(=O)NC[C@@H]1[C@H](C/C=C\CCCC(=O)O)[C@H]2O[C@@H]1[C@H]1O[C@H]12. The predicted molar refractivity (Wildman–Crippen MR) is 114 cm³/mol.